The van der Waals surface area contributed by atoms with Crippen LogP contribution in [0.15, 0.2) is 16.8 Å². The molecule has 0 unspecified atom stereocenters. The first kappa shape index (κ1) is 12.0. The van der Waals surface area contributed by atoms with Gasteiger partial charge in [-0.1, -0.05) is 0 Å². The van der Waals surface area contributed by atoms with Gasteiger partial charge in [0.05, 0.1) is 12.4 Å². The van der Waals surface area contributed by atoms with E-state index in [1.165, 1.54) is 4.31 Å². The number of thiophene rings is 1. The smallest absolute Gasteiger partial charge is 0.216 e. The molecule has 1 fully saturated rings. The molecular weight excluding hydrogens is 246 g/mol. The van der Waals surface area contributed by atoms with E-state index in [1.807, 2.05) is 16.8 Å². The minimum Gasteiger partial charge on any atom is -0.395 e. The summed E-state index contributed by atoms with van der Waals surface area (Å²) in [5.74, 6) is -0.173. The third kappa shape index (κ3) is 2.82. The van der Waals surface area contributed by atoms with Gasteiger partial charge < -0.3 is 5.11 Å². The Morgan fingerprint density at radius 2 is 2.25 bits per heavy atom. The van der Waals surface area contributed by atoms with Crippen LogP contribution in [0.1, 0.15) is 18.4 Å². The third-order valence-corrected chi connectivity index (χ3v) is 5.15. The van der Waals surface area contributed by atoms with E-state index in [4.69, 9.17) is 5.11 Å². The Bertz CT molecular complexity index is 423. The van der Waals surface area contributed by atoms with Gasteiger partial charge in [0.15, 0.2) is 0 Å². The predicted molar refractivity (Wildman–Crippen MR) is 63.8 cm³/mol. The molecule has 1 aromatic heterocycles. The Balaban J connectivity index is 2.11. The van der Waals surface area contributed by atoms with Crippen molar-refractivity contribution in [1.82, 2.24) is 4.31 Å². The van der Waals surface area contributed by atoms with E-state index in [0.29, 0.717) is 6.54 Å². The number of sulfonamides is 1. The normalized spacial score (nSPS) is 16.9. The van der Waals surface area contributed by atoms with Crippen LogP contribution in [0.4, 0.5) is 0 Å². The summed E-state index contributed by atoms with van der Waals surface area (Å²) in [6, 6.07) is 2.09. The van der Waals surface area contributed by atoms with Crippen molar-refractivity contribution >= 4 is 21.4 Å². The molecule has 90 valence electrons. The van der Waals surface area contributed by atoms with Crippen LogP contribution in [0.5, 0.6) is 0 Å². The SMILES string of the molecule is O=S(=O)(CCO)N(Cc1ccsc1)C1CC1. The topological polar surface area (TPSA) is 57.6 Å². The highest BCUT2D eigenvalue weighted by molar-refractivity contribution is 7.89. The van der Waals surface area contributed by atoms with Gasteiger partial charge in [-0.3, -0.25) is 0 Å². The maximum Gasteiger partial charge on any atom is 0.216 e. The molecule has 2 rings (SSSR count). The zero-order valence-corrected chi connectivity index (χ0v) is 10.5. The fourth-order valence-electron chi connectivity index (χ4n) is 1.61. The number of aliphatic hydroxyl groups is 1. The summed E-state index contributed by atoms with van der Waals surface area (Å²) >= 11 is 1.57. The summed E-state index contributed by atoms with van der Waals surface area (Å²) in [5, 5.41) is 12.7. The molecular formula is C10H15NO3S2. The van der Waals surface area contributed by atoms with Crippen molar-refractivity contribution in [2.24, 2.45) is 0 Å². The summed E-state index contributed by atoms with van der Waals surface area (Å²) in [7, 11) is -3.30. The molecule has 1 heterocycles. The average molecular weight is 261 g/mol. The quantitative estimate of drug-likeness (QED) is 0.832. The molecule has 0 saturated heterocycles. The van der Waals surface area contributed by atoms with Crippen molar-refractivity contribution in [2.45, 2.75) is 25.4 Å². The number of aliphatic hydroxyl groups excluding tert-OH is 1. The molecule has 0 radical (unpaired) electrons. The first-order valence-electron chi connectivity index (χ1n) is 5.25. The molecule has 0 bridgehead atoms. The fraction of sp³-hybridized carbons (Fsp3) is 0.600. The molecule has 1 aliphatic rings. The van der Waals surface area contributed by atoms with Crippen LogP contribution in [0.3, 0.4) is 0 Å². The van der Waals surface area contributed by atoms with E-state index < -0.39 is 10.0 Å². The molecule has 6 heteroatoms. The molecule has 1 saturated carbocycles. The largest absolute Gasteiger partial charge is 0.395 e. The molecule has 4 nitrogen and oxygen atoms in total. The molecule has 1 N–H and O–H groups in total. The lowest BCUT2D eigenvalue weighted by molar-refractivity contribution is 0.312. The second-order valence-electron chi connectivity index (χ2n) is 3.95. The van der Waals surface area contributed by atoms with Crippen LogP contribution in [-0.4, -0.2) is 36.2 Å². The first-order chi connectivity index (χ1) is 7.63. The van der Waals surface area contributed by atoms with Crippen molar-refractivity contribution in [3.63, 3.8) is 0 Å². The van der Waals surface area contributed by atoms with Crippen LogP contribution >= 0.6 is 11.3 Å². The lowest BCUT2D eigenvalue weighted by atomic mass is 10.3. The fourth-order valence-corrected chi connectivity index (χ4v) is 3.75. The number of hydrogen-bond acceptors (Lipinski definition) is 4. The Morgan fingerprint density at radius 1 is 1.50 bits per heavy atom. The highest BCUT2D eigenvalue weighted by Gasteiger charge is 2.36. The predicted octanol–water partition coefficient (Wildman–Crippen LogP) is 1.03. The maximum absolute atomic E-state index is 11.9. The molecule has 1 aliphatic carbocycles. The molecule has 0 amide bonds. The van der Waals surface area contributed by atoms with Crippen molar-refractivity contribution in [2.75, 3.05) is 12.4 Å². The van der Waals surface area contributed by atoms with Gasteiger partial charge in [0.1, 0.15) is 0 Å². The highest BCUT2D eigenvalue weighted by atomic mass is 32.2. The minimum absolute atomic E-state index is 0.149. The summed E-state index contributed by atoms with van der Waals surface area (Å²) in [6.07, 6.45) is 1.88. The second kappa shape index (κ2) is 4.83. The molecule has 0 aliphatic heterocycles. The third-order valence-electron chi connectivity index (χ3n) is 2.58. The maximum atomic E-state index is 11.9. The van der Waals surface area contributed by atoms with Crippen molar-refractivity contribution in [3.8, 4) is 0 Å². The van der Waals surface area contributed by atoms with Gasteiger partial charge in [0, 0.05) is 12.6 Å². The molecule has 16 heavy (non-hydrogen) atoms. The van der Waals surface area contributed by atoms with Crippen LogP contribution in [-0.2, 0) is 16.6 Å². The van der Waals surface area contributed by atoms with Gasteiger partial charge in [-0.2, -0.15) is 15.6 Å². The average Bonchev–Trinajstić information content (AvgIpc) is 2.92. The summed E-state index contributed by atoms with van der Waals surface area (Å²) in [4.78, 5) is 0. The zero-order valence-electron chi connectivity index (χ0n) is 8.87. The lowest BCUT2D eigenvalue weighted by Crippen LogP contribution is -2.35. The van der Waals surface area contributed by atoms with Crippen molar-refractivity contribution < 1.29 is 13.5 Å². The van der Waals surface area contributed by atoms with Crippen LogP contribution in [0, 0.1) is 0 Å². The van der Waals surface area contributed by atoms with Crippen LogP contribution < -0.4 is 0 Å². The first-order valence-corrected chi connectivity index (χ1v) is 7.80. The molecule has 0 spiro atoms. The van der Waals surface area contributed by atoms with E-state index in [9.17, 15) is 8.42 Å². The van der Waals surface area contributed by atoms with Gasteiger partial charge >= 0.3 is 0 Å². The van der Waals surface area contributed by atoms with E-state index >= 15 is 0 Å². The lowest BCUT2D eigenvalue weighted by Gasteiger charge is -2.20. The minimum atomic E-state index is -3.30. The van der Waals surface area contributed by atoms with Gasteiger partial charge in [0.25, 0.3) is 0 Å². The number of hydrogen-bond donors (Lipinski definition) is 1. The zero-order chi connectivity index (χ0) is 11.6. The van der Waals surface area contributed by atoms with Crippen molar-refractivity contribution in [1.29, 1.82) is 0 Å². The van der Waals surface area contributed by atoms with Gasteiger partial charge in [-0.25, -0.2) is 8.42 Å². The Labute approximate surface area is 99.6 Å². The van der Waals surface area contributed by atoms with Crippen LogP contribution in [0.25, 0.3) is 0 Å². The van der Waals surface area contributed by atoms with E-state index in [0.717, 1.165) is 18.4 Å². The van der Waals surface area contributed by atoms with Gasteiger partial charge in [-0.05, 0) is 35.2 Å². The van der Waals surface area contributed by atoms with Gasteiger partial charge in [0.2, 0.25) is 10.0 Å². The Morgan fingerprint density at radius 3 is 2.75 bits per heavy atom. The van der Waals surface area contributed by atoms with E-state index in [-0.39, 0.29) is 18.4 Å². The Hall–Kier alpha value is -0.430. The molecule has 0 atom stereocenters. The monoisotopic (exact) mass is 261 g/mol. The number of rotatable bonds is 6. The summed E-state index contributed by atoms with van der Waals surface area (Å²) in [6.45, 7) is 0.131. The Kier molecular flexibility index (Phi) is 3.63. The summed E-state index contributed by atoms with van der Waals surface area (Å²) < 4.78 is 25.3. The standard InChI is InChI=1S/C10H15NO3S2/c12-4-6-16(13,14)11(10-1-2-10)7-9-3-5-15-8-9/h3,5,8,10,12H,1-2,4,6-7H2. The number of nitrogens with zero attached hydrogens (tertiary/aromatic N) is 1. The molecule has 1 aromatic rings. The van der Waals surface area contributed by atoms with Gasteiger partial charge in [-0.15, -0.1) is 0 Å². The van der Waals surface area contributed by atoms with E-state index in [2.05, 4.69) is 0 Å². The van der Waals surface area contributed by atoms with Crippen LogP contribution in [0.2, 0.25) is 0 Å². The highest BCUT2D eigenvalue weighted by Crippen LogP contribution is 2.31. The van der Waals surface area contributed by atoms with E-state index in [1.54, 1.807) is 11.3 Å². The molecule has 0 aromatic carbocycles. The summed E-state index contributed by atoms with van der Waals surface area (Å²) in [5.41, 5.74) is 1.03. The second-order valence-corrected chi connectivity index (χ2v) is 6.77. The van der Waals surface area contributed by atoms with Crippen molar-refractivity contribution in [3.05, 3.63) is 22.4 Å².